The molecule has 21 heteroatoms. The predicted molar refractivity (Wildman–Crippen MR) is 157 cm³/mol. The first-order chi connectivity index (χ1) is 21.1. The van der Waals surface area contributed by atoms with E-state index >= 15 is 0 Å². The number of nitrogens with zero attached hydrogens (tertiary/aromatic N) is 5. The van der Waals surface area contributed by atoms with E-state index in [1.165, 1.54) is 0 Å². The molecule has 0 atom stereocenters. The van der Waals surface area contributed by atoms with Crippen LogP contribution in [0, 0.1) is 15.9 Å². The van der Waals surface area contributed by atoms with Crippen molar-refractivity contribution in [1.82, 2.24) is 19.6 Å². The molecule has 2 aromatic heterocycles. The number of esters is 1. The Labute approximate surface area is 277 Å². The van der Waals surface area contributed by atoms with Gasteiger partial charge in [0.15, 0.2) is 5.69 Å². The van der Waals surface area contributed by atoms with Crippen molar-refractivity contribution in [3.8, 4) is 16.9 Å². The van der Waals surface area contributed by atoms with Crippen LogP contribution in [0.1, 0.15) is 35.5 Å². The van der Waals surface area contributed by atoms with Gasteiger partial charge in [-0.2, -0.15) is 36.5 Å². The molecule has 2 heterocycles. The molecule has 0 bridgehead atoms. The lowest BCUT2D eigenvalue weighted by molar-refractivity contribution is -0.383. The number of ether oxygens (including phenoxy) is 1. The molecule has 0 aliphatic heterocycles. The number of nitrogen functional groups attached to an aromatic ring is 1. The molecule has 0 saturated carbocycles. The van der Waals surface area contributed by atoms with Crippen molar-refractivity contribution in [2.24, 2.45) is 7.05 Å². The molecular formula is C25H17BrCl3F7N6O4. The first-order valence-electron chi connectivity index (χ1n) is 12.1. The van der Waals surface area contributed by atoms with Gasteiger partial charge in [0.05, 0.1) is 41.7 Å². The normalized spacial score (nSPS) is 11.8. The summed E-state index contributed by atoms with van der Waals surface area (Å²) in [5, 5.41) is 17.0. The van der Waals surface area contributed by atoms with Crippen LogP contribution in [0.25, 0.3) is 16.9 Å². The van der Waals surface area contributed by atoms with Crippen molar-refractivity contribution in [2.75, 3.05) is 5.73 Å². The number of halogens is 11. The molecule has 0 saturated heterocycles. The number of nitro groups is 1. The average molecular weight is 785 g/mol. The van der Waals surface area contributed by atoms with Crippen LogP contribution in [0.3, 0.4) is 0 Å². The van der Waals surface area contributed by atoms with Gasteiger partial charge in [0.25, 0.3) is 0 Å². The van der Waals surface area contributed by atoms with Gasteiger partial charge in [-0.15, -0.1) is 0 Å². The van der Waals surface area contributed by atoms with Gasteiger partial charge in [0.1, 0.15) is 23.4 Å². The second-order valence-corrected chi connectivity index (χ2v) is 11.3. The fraction of sp³-hybridized carbons (Fsp3) is 0.240. The van der Waals surface area contributed by atoms with Crippen LogP contribution in [0.15, 0.2) is 34.9 Å². The quantitative estimate of drug-likeness (QED) is 0.0926. The zero-order valence-electron chi connectivity index (χ0n) is 23.1. The number of hydrogen-bond acceptors (Lipinski definition) is 7. The van der Waals surface area contributed by atoms with Gasteiger partial charge < -0.3 is 10.5 Å². The zero-order valence-corrected chi connectivity index (χ0v) is 26.9. The summed E-state index contributed by atoms with van der Waals surface area (Å²) in [5.74, 6) is -2.13. The van der Waals surface area contributed by atoms with Crippen LogP contribution in [0.4, 0.5) is 42.2 Å². The molecule has 4 rings (SSSR count). The number of hydrogen-bond donors (Lipinski definition) is 1. The Kier molecular flexibility index (Phi) is 10.9. The van der Waals surface area contributed by atoms with Crippen LogP contribution in [0.2, 0.25) is 15.1 Å². The van der Waals surface area contributed by atoms with E-state index in [1.54, 1.807) is 13.8 Å². The molecular weight excluding hydrogens is 768 g/mol. The second-order valence-electron chi connectivity index (χ2n) is 9.27. The van der Waals surface area contributed by atoms with Crippen molar-refractivity contribution < 1.29 is 45.2 Å². The van der Waals surface area contributed by atoms with Gasteiger partial charge in [0.2, 0.25) is 5.82 Å². The highest BCUT2D eigenvalue weighted by molar-refractivity contribution is 9.10. The van der Waals surface area contributed by atoms with Crippen molar-refractivity contribution in [3.05, 3.63) is 82.8 Å². The SMILES string of the molecule is CC(C)OC(=O)c1cc(-c2nn(C)c(C(F)(F)F)c2Br)c(F)cc1Cl.Nc1c([N+](=O)[O-])cnn1-c1c(Cl)cc(C(F)(F)F)cc1Cl. The van der Waals surface area contributed by atoms with Gasteiger partial charge in [0, 0.05) is 12.6 Å². The Morgan fingerprint density at radius 3 is 2.04 bits per heavy atom. The van der Waals surface area contributed by atoms with Crippen molar-refractivity contribution in [2.45, 2.75) is 32.3 Å². The third-order valence-electron chi connectivity index (χ3n) is 5.67. The molecule has 0 amide bonds. The summed E-state index contributed by atoms with van der Waals surface area (Å²) in [7, 11) is 1.08. The standard InChI is InChI=1S/C15H12BrClF4N2O2.C10H5Cl2F3N4O2/c1-6(2)25-14(24)7-4-8(10(18)5-9(7)17)12-11(16)13(15(19,20)21)23(3)22-12;11-5-1-4(10(13,14)15)2-6(12)8(5)18-9(16)7(3-17-18)19(20)21/h4-6H,1-3H3;1-3H,16H2. The number of nitrogens with two attached hydrogens (primary N) is 1. The molecule has 0 spiro atoms. The topological polar surface area (TPSA) is 131 Å². The predicted octanol–water partition coefficient (Wildman–Crippen LogP) is 8.91. The van der Waals surface area contributed by atoms with E-state index in [9.17, 15) is 45.6 Å². The van der Waals surface area contributed by atoms with Gasteiger partial charge in [-0.3, -0.25) is 14.8 Å². The summed E-state index contributed by atoms with van der Waals surface area (Å²) in [5.41, 5.74) is 1.92. The number of carbonyl (C=O) groups excluding carboxylic acids is 1. The fourth-order valence-electron chi connectivity index (χ4n) is 3.74. The van der Waals surface area contributed by atoms with Crippen LogP contribution in [-0.2, 0) is 24.1 Å². The second kappa shape index (κ2) is 13.6. The Hall–Kier alpha value is -3.61. The first kappa shape index (κ1) is 36.9. The van der Waals surface area contributed by atoms with Gasteiger partial charge in [-0.1, -0.05) is 34.8 Å². The number of aryl methyl sites for hydroxylation is 1. The highest BCUT2D eigenvalue weighted by atomic mass is 79.9. The maximum absolute atomic E-state index is 14.3. The number of alkyl halides is 6. The van der Waals surface area contributed by atoms with Crippen molar-refractivity contribution >= 4 is 68.2 Å². The minimum Gasteiger partial charge on any atom is -0.459 e. The Morgan fingerprint density at radius 2 is 1.61 bits per heavy atom. The molecule has 0 fully saturated rings. The molecule has 4 aromatic rings. The first-order valence-corrected chi connectivity index (χ1v) is 14.0. The highest BCUT2D eigenvalue weighted by Gasteiger charge is 2.39. The third kappa shape index (κ3) is 7.84. The Balaban J connectivity index is 0.000000254. The summed E-state index contributed by atoms with van der Waals surface area (Å²) in [6.07, 6.45) is -8.93. The van der Waals surface area contributed by atoms with Crippen LogP contribution in [0.5, 0.6) is 0 Å². The fourth-order valence-corrected chi connectivity index (χ4v) is 5.39. The maximum Gasteiger partial charge on any atom is 0.434 e. The van der Waals surface area contributed by atoms with Crippen molar-refractivity contribution in [3.63, 3.8) is 0 Å². The summed E-state index contributed by atoms with van der Waals surface area (Å²) < 4.78 is 97.3. The van der Waals surface area contributed by atoms with E-state index in [4.69, 9.17) is 45.3 Å². The summed E-state index contributed by atoms with van der Waals surface area (Å²) in [4.78, 5) is 21.9. The smallest absolute Gasteiger partial charge is 0.434 e. The lowest BCUT2D eigenvalue weighted by Crippen LogP contribution is -2.12. The van der Waals surface area contributed by atoms with Gasteiger partial charge in [-0.05, 0) is 54.0 Å². The largest absolute Gasteiger partial charge is 0.459 e. The Morgan fingerprint density at radius 1 is 1.04 bits per heavy atom. The summed E-state index contributed by atoms with van der Waals surface area (Å²) in [6.45, 7) is 3.22. The highest BCUT2D eigenvalue weighted by Crippen LogP contribution is 2.42. The maximum atomic E-state index is 14.3. The van der Waals surface area contributed by atoms with Gasteiger partial charge in [-0.25, -0.2) is 13.9 Å². The molecule has 2 N–H and O–H groups in total. The number of carbonyl (C=O) groups is 1. The molecule has 10 nitrogen and oxygen atoms in total. The van der Waals surface area contributed by atoms with E-state index < -0.39 is 62.4 Å². The minimum atomic E-state index is -4.69. The molecule has 0 radical (unpaired) electrons. The van der Waals surface area contributed by atoms with E-state index in [0.29, 0.717) is 16.8 Å². The number of aromatic nitrogens is 4. The molecule has 248 valence electrons. The number of anilines is 1. The average Bonchev–Trinajstić information content (AvgIpc) is 3.41. The zero-order chi connectivity index (χ0) is 35.0. The number of benzene rings is 2. The van der Waals surface area contributed by atoms with Crippen LogP contribution in [-0.4, -0.2) is 36.6 Å². The number of rotatable bonds is 5. The Bertz CT molecular complexity index is 1800. The summed E-state index contributed by atoms with van der Waals surface area (Å²) >= 11 is 20.2. The van der Waals surface area contributed by atoms with E-state index in [0.717, 1.165) is 30.1 Å². The van der Waals surface area contributed by atoms with Crippen LogP contribution < -0.4 is 5.73 Å². The third-order valence-corrected chi connectivity index (χ3v) is 7.31. The molecule has 0 aliphatic rings. The van der Waals surface area contributed by atoms with E-state index in [2.05, 4.69) is 26.1 Å². The minimum absolute atomic E-state index is 0.169. The van der Waals surface area contributed by atoms with Gasteiger partial charge >= 0.3 is 24.0 Å². The van der Waals surface area contributed by atoms with Crippen LogP contribution >= 0.6 is 50.7 Å². The molecule has 2 aromatic carbocycles. The monoisotopic (exact) mass is 782 g/mol. The lowest BCUT2D eigenvalue weighted by atomic mass is 10.1. The van der Waals surface area contributed by atoms with E-state index in [1.807, 2.05) is 0 Å². The summed E-state index contributed by atoms with van der Waals surface area (Å²) in [6, 6.07) is 3.13. The molecule has 0 aliphatic carbocycles. The molecule has 0 unspecified atom stereocenters. The molecule has 46 heavy (non-hydrogen) atoms. The van der Waals surface area contributed by atoms with E-state index in [-0.39, 0.29) is 37.6 Å². The van der Waals surface area contributed by atoms with Crippen molar-refractivity contribution in [1.29, 1.82) is 0 Å². The lowest BCUT2D eigenvalue weighted by Gasteiger charge is -2.12.